The minimum Gasteiger partial charge on any atom is -0.438 e. The quantitative estimate of drug-likeness (QED) is 0.461. The average Bonchev–Trinajstić information content (AvgIpc) is 2.98. The lowest BCUT2D eigenvalue weighted by atomic mass is 9.81. The SMILES string of the molecule is O=C(OC1(O)CC=CO1)C12CCC(C1)C(O)C2O. The third-order valence-corrected chi connectivity index (χ3v) is 4.34. The van der Waals surface area contributed by atoms with Crippen molar-refractivity contribution < 1.29 is 29.6 Å². The van der Waals surface area contributed by atoms with Crippen LogP contribution in [0, 0.1) is 11.3 Å². The molecule has 6 heteroatoms. The molecule has 2 fully saturated rings. The van der Waals surface area contributed by atoms with Crippen molar-refractivity contribution in [2.24, 2.45) is 11.3 Å². The van der Waals surface area contributed by atoms with Crippen LogP contribution in [0.5, 0.6) is 0 Å². The highest BCUT2D eigenvalue weighted by atomic mass is 16.8. The molecule has 3 rings (SSSR count). The topological polar surface area (TPSA) is 96.2 Å². The van der Waals surface area contributed by atoms with Crippen LogP contribution in [-0.2, 0) is 14.3 Å². The maximum Gasteiger partial charge on any atom is 0.374 e. The third kappa shape index (κ3) is 1.49. The first kappa shape index (κ1) is 12.0. The van der Waals surface area contributed by atoms with Crippen molar-refractivity contribution in [3.8, 4) is 0 Å². The van der Waals surface area contributed by atoms with Gasteiger partial charge < -0.3 is 24.8 Å². The second kappa shape index (κ2) is 3.69. The van der Waals surface area contributed by atoms with Gasteiger partial charge in [-0.25, -0.2) is 0 Å². The molecule has 2 bridgehead atoms. The smallest absolute Gasteiger partial charge is 0.374 e. The van der Waals surface area contributed by atoms with Gasteiger partial charge in [0.25, 0.3) is 0 Å². The molecule has 2 aliphatic carbocycles. The Labute approximate surface area is 104 Å². The molecule has 0 aromatic carbocycles. The van der Waals surface area contributed by atoms with Gasteiger partial charge in [0.05, 0.1) is 30.3 Å². The Hall–Kier alpha value is -1.11. The Bertz CT molecular complexity index is 397. The normalized spacial score (nSPS) is 49.4. The van der Waals surface area contributed by atoms with Gasteiger partial charge in [0.15, 0.2) is 0 Å². The van der Waals surface area contributed by atoms with E-state index in [0.717, 1.165) is 0 Å². The van der Waals surface area contributed by atoms with Crippen molar-refractivity contribution in [3.05, 3.63) is 12.3 Å². The van der Waals surface area contributed by atoms with Crippen LogP contribution in [0.25, 0.3) is 0 Å². The third-order valence-electron chi connectivity index (χ3n) is 4.34. The number of hydrogen-bond acceptors (Lipinski definition) is 6. The van der Waals surface area contributed by atoms with Crippen molar-refractivity contribution >= 4 is 5.97 Å². The molecule has 0 spiro atoms. The fourth-order valence-electron chi connectivity index (χ4n) is 3.28. The van der Waals surface area contributed by atoms with E-state index >= 15 is 0 Å². The zero-order chi connectivity index (χ0) is 13.0. The number of aliphatic hydroxyl groups excluding tert-OH is 2. The van der Waals surface area contributed by atoms with Crippen LogP contribution in [0.1, 0.15) is 25.7 Å². The van der Waals surface area contributed by atoms with Gasteiger partial charge in [0.2, 0.25) is 0 Å². The van der Waals surface area contributed by atoms with Crippen LogP contribution in [0.15, 0.2) is 12.3 Å². The van der Waals surface area contributed by atoms with Crippen molar-refractivity contribution in [1.29, 1.82) is 0 Å². The fourth-order valence-corrected chi connectivity index (χ4v) is 3.28. The molecule has 3 N–H and O–H groups in total. The summed E-state index contributed by atoms with van der Waals surface area (Å²) in [4.78, 5) is 12.2. The number of fused-ring (bicyclic) bond motifs is 2. The van der Waals surface area contributed by atoms with Crippen molar-refractivity contribution in [3.63, 3.8) is 0 Å². The number of aliphatic hydroxyl groups is 3. The lowest BCUT2D eigenvalue weighted by molar-refractivity contribution is -0.316. The highest BCUT2D eigenvalue weighted by Gasteiger charge is 2.63. The Morgan fingerprint density at radius 3 is 2.78 bits per heavy atom. The van der Waals surface area contributed by atoms with E-state index in [4.69, 9.17) is 9.47 Å². The molecule has 0 radical (unpaired) electrons. The summed E-state index contributed by atoms with van der Waals surface area (Å²) in [7, 11) is 0. The van der Waals surface area contributed by atoms with Gasteiger partial charge in [-0.1, -0.05) is 0 Å². The molecule has 1 heterocycles. The largest absolute Gasteiger partial charge is 0.438 e. The Kier molecular flexibility index (Phi) is 2.45. The standard InChI is InChI=1S/C12H16O6/c13-8-7-2-4-11(6-7,9(8)14)10(15)18-12(16)3-1-5-17-12/h1,5,7-9,13-14,16H,2-4,6H2. The van der Waals surface area contributed by atoms with E-state index in [1.165, 1.54) is 6.26 Å². The summed E-state index contributed by atoms with van der Waals surface area (Å²) in [5.74, 6) is -2.72. The number of esters is 1. The van der Waals surface area contributed by atoms with Gasteiger partial charge in [-0.15, -0.1) is 0 Å². The van der Waals surface area contributed by atoms with Crippen LogP contribution < -0.4 is 0 Å². The summed E-state index contributed by atoms with van der Waals surface area (Å²) in [6.45, 7) is 0. The summed E-state index contributed by atoms with van der Waals surface area (Å²) in [6.07, 6.45) is 2.42. The maximum absolute atomic E-state index is 12.2. The minimum absolute atomic E-state index is 0.0650. The molecule has 5 unspecified atom stereocenters. The number of hydrogen-bond donors (Lipinski definition) is 3. The number of ether oxygens (including phenoxy) is 2. The molecule has 0 saturated heterocycles. The first-order chi connectivity index (χ1) is 8.47. The monoisotopic (exact) mass is 256 g/mol. The molecule has 0 aromatic rings. The Morgan fingerprint density at radius 2 is 2.22 bits per heavy atom. The number of carbonyl (C=O) groups excluding carboxylic acids is 1. The maximum atomic E-state index is 12.2. The average molecular weight is 256 g/mol. The van der Waals surface area contributed by atoms with Gasteiger partial charge >= 0.3 is 11.9 Å². The lowest BCUT2D eigenvalue weighted by Crippen LogP contribution is -2.48. The minimum atomic E-state index is -1.96. The summed E-state index contributed by atoms with van der Waals surface area (Å²) >= 11 is 0. The molecule has 3 aliphatic rings. The second-order valence-corrected chi connectivity index (χ2v) is 5.39. The van der Waals surface area contributed by atoms with Gasteiger partial charge in [0.1, 0.15) is 0 Å². The molecule has 2 saturated carbocycles. The van der Waals surface area contributed by atoms with E-state index in [9.17, 15) is 20.1 Å². The summed E-state index contributed by atoms with van der Waals surface area (Å²) in [5.41, 5.74) is -1.09. The predicted molar refractivity (Wildman–Crippen MR) is 57.7 cm³/mol. The highest BCUT2D eigenvalue weighted by molar-refractivity contribution is 5.79. The summed E-state index contributed by atoms with van der Waals surface area (Å²) in [5, 5.41) is 29.6. The Morgan fingerprint density at radius 1 is 1.44 bits per heavy atom. The molecule has 1 aliphatic heterocycles. The summed E-state index contributed by atoms with van der Waals surface area (Å²) < 4.78 is 9.81. The van der Waals surface area contributed by atoms with E-state index in [1.54, 1.807) is 6.08 Å². The molecule has 5 atom stereocenters. The van der Waals surface area contributed by atoms with E-state index in [-0.39, 0.29) is 12.3 Å². The predicted octanol–water partition coefficient (Wildman–Crippen LogP) is -0.368. The molecule has 0 amide bonds. The molecular formula is C12H16O6. The van der Waals surface area contributed by atoms with E-state index in [1.807, 2.05) is 0 Å². The van der Waals surface area contributed by atoms with Gasteiger partial charge in [-0.05, 0) is 31.3 Å². The fraction of sp³-hybridized carbons (Fsp3) is 0.750. The van der Waals surface area contributed by atoms with Gasteiger partial charge in [-0.3, -0.25) is 4.79 Å². The molecule has 6 nitrogen and oxygen atoms in total. The molecule has 18 heavy (non-hydrogen) atoms. The Balaban J connectivity index is 1.76. The zero-order valence-electron chi connectivity index (χ0n) is 9.78. The van der Waals surface area contributed by atoms with Crippen LogP contribution in [-0.4, -0.2) is 39.5 Å². The van der Waals surface area contributed by atoms with Crippen molar-refractivity contribution in [1.82, 2.24) is 0 Å². The number of carbonyl (C=O) groups is 1. The van der Waals surface area contributed by atoms with Crippen LogP contribution in [0.3, 0.4) is 0 Å². The van der Waals surface area contributed by atoms with Gasteiger partial charge in [0, 0.05) is 0 Å². The van der Waals surface area contributed by atoms with Crippen molar-refractivity contribution in [2.75, 3.05) is 0 Å². The van der Waals surface area contributed by atoms with Crippen molar-refractivity contribution in [2.45, 2.75) is 43.9 Å². The summed E-state index contributed by atoms with van der Waals surface area (Å²) in [6, 6.07) is 0. The zero-order valence-corrected chi connectivity index (χ0v) is 9.78. The molecule has 0 aromatic heterocycles. The molecular weight excluding hydrogens is 240 g/mol. The van der Waals surface area contributed by atoms with Crippen LogP contribution in [0.4, 0.5) is 0 Å². The van der Waals surface area contributed by atoms with E-state index in [0.29, 0.717) is 19.3 Å². The van der Waals surface area contributed by atoms with Crippen LogP contribution >= 0.6 is 0 Å². The van der Waals surface area contributed by atoms with Crippen LogP contribution in [0.2, 0.25) is 0 Å². The van der Waals surface area contributed by atoms with E-state index < -0.39 is 29.6 Å². The second-order valence-electron chi connectivity index (χ2n) is 5.39. The molecule has 100 valence electrons. The lowest BCUT2D eigenvalue weighted by Gasteiger charge is -2.33. The van der Waals surface area contributed by atoms with Gasteiger partial charge in [-0.2, -0.15) is 0 Å². The first-order valence-electron chi connectivity index (χ1n) is 6.12. The number of rotatable bonds is 2. The first-order valence-corrected chi connectivity index (χ1v) is 6.12. The van der Waals surface area contributed by atoms with E-state index in [2.05, 4.69) is 0 Å². The highest BCUT2D eigenvalue weighted by Crippen LogP contribution is 2.55.